The number of aromatic nitrogens is 2. The van der Waals surface area contributed by atoms with E-state index in [9.17, 15) is 14.9 Å². The molecule has 1 aromatic heterocycles. The van der Waals surface area contributed by atoms with Gasteiger partial charge in [0.1, 0.15) is 0 Å². The van der Waals surface area contributed by atoms with Crippen molar-refractivity contribution in [1.29, 1.82) is 0 Å². The molecule has 0 radical (unpaired) electrons. The van der Waals surface area contributed by atoms with E-state index in [1.807, 2.05) is 36.7 Å². The molecule has 0 fully saturated rings. The van der Waals surface area contributed by atoms with E-state index in [0.29, 0.717) is 17.7 Å². The van der Waals surface area contributed by atoms with Crippen LogP contribution in [0.3, 0.4) is 0 Å². The Labute approximate surface area is 161 Å². The van der Waals surface area contributed by atoms with Gasteiger partial charge < -0.3 is 0 Å². The summed E-state index contributed by atoms with van der Waals surface area (Å²) in [6.45, 7) is 4.51. The molecule has 0 aliphatic heterocycles. The maximum absolute atomic E-state index is 12.3. The third kappa shape index (κ3) is 4.67. The first-order valence-electron chi connectivity index (χ1n) is 8.60. The second kappa shape index (κ2) is 8.26. The highest BCUT2D eigenvalue weighted by Gasteiger charge is 2.07. The molecule has 28 heavy (non-hydrogen) atoms. The zero-order chi connectivity index (χ0) is 20.1. The highest BCUT2D eigenvalue weighted by molar-refractivity contribution is 5.95. The van der Waals surface area contributed by atoms with Gasteiger partial charge in [-0.3, -0.25) is 19.6 Å². The quantitative estimate of drug-likeness (QED) is 0.405. The van der Waals surface area contributed by atoms with Gasteiger partial charge in [-0.1, -0.05) is 12.1 Å². The predicted octanol–water partition coefficient (Wildman–Crippen LogP) is 3.22. The summed E-state index contributed by atoms with van der Waals surface area (Å²) < 4.78 is 1.89. The summed E-state index contributed by atoms with van der Waals surface area (Å²) in [7, 11) is 0. The third-order valence-corrected chi connectivity index (χ3v) is 4.11. The molecular weight excluding hydrogens is 358 g/mol. The van der Waals surface area contributed by atoms with Crippen LogP contribution in [-0.2, 0) is 6.54 Å². The minimum atomic E-state index is -0.470. The van der Waals surface area contributed by atoms with E-state index >= 15 is 0 Å². The van der Waals surface area contributed by atoms with Crippen molar-refractivity contribution < 1.29 is 9.72 Å². The molecular formula is C20H19N5O3. The van der Waals surface area contributed by atoms with Crippen molar-refractivity contribution >= 4 is 17.8 Å². The van der Waals surface area contributed by atoms with Crippen LogP contribution in [0.15, 0.2) is 59.7 Å². The van der Waals surface area contributed by atoms with Crippen LogP contribution in [0.1, 0.15) is 32.9 Å². The maximum atomic E-state index is 12.3. The molecule has 0 bridgehead atoms. The Kier molecular flexibility index (Phi) is 5.59. The lowest BCUT2D eigenvalue weighted by atomic mass is 10.1. The zero-order valence-electron chi connectivity index (χ0n) is 15.5. The van der Waals surface area contributed by atoms with Crippen molar-refractivity contribution in [3.8, 4) is 0 Å². The third-order valence-electron chi connectivity index (χ3n) is 4.11. The second-order valence-corrected chi connectivity index (χ2v) is 6.33. The van der Waals surface area contributed by atoms with Gasteiger partial charge in [0.25, 0.3) is 11.6 Å². The van der Waals surface area contributed by atoms with Gasteiger partial charge in [-0.15, -0.1) is 0 Å². The number of carbonyl (C=O) groups excluding carboxylic acids is 1. The highest BCUT2D eigenvalue weighted by Crippen LogP contribution is 2.11. The fraction of sp³-hybridized carbons (Fsp3) is 0.150. The van der Waals surface area contributed by atoms with Gasteiger partial charge in [0.15, 0.2) is 0 Å². The van der Waals surface area contributed by atoms with Crippen LogP contribution in [0, 0.1) is 24.0 Å². The van der Waals surface area contributed by atoms with Crippen LogP contribution < -0.4 is 5.43 Å². The van der Waals surface area contributed by atoms with E-state index in [1.165, 1.54) is 18.3 Å². The van der Waals surface area contributed by atoms with Gasteiger partial charge in [-0.05, 0) is 55.3 Å². The Bertz CT molecular complexity index is 1040. The first-order valence-corrected chi connectivity index (χ1v) is 8.60. The van der Waals surface area contributed by atoms with Gasteiger partial charge in [0.2, 0.25) is 0 Å². The molecule has 3 rings (SSSR count). The molecule has 1 amide bonds. The molecule has 0 unspecified atom stereocenters. The molecule has 0 saturated heterocycles. The first kappa shape index (κ1) is 19.0. The Morgan fingerprint density at radius 3 is 2.61 bits per heavy atom. The average Bonchev–Trinajstić information content (AvgIpc) is 2.99. The number of nitro groups is 1. The number of benzene rings is 2. The number of aryl methyl sites for hydroxylation is 2. The summed E-state index contributed by atoms with van der Waals surface area (Å²) in [6, 6.07) is 15.1. The average molecular weight is 377 g/mol. The fourth-order valence-electron chi connectivity index (χ4n) is 2.73. The van der Waals surface area contributed by atoms with E-state index in [4.69, 9.17) is 0 Å². The lowest BCUT2D eigenvalue weighted by Crippen LogP contribution is -2.18. The molecule has 1 heterocycles. The first-order chi connectivity index (χ1) is 13.4. The van der Waals surface area contributed by atoms with E-state index in [2.05, 4.69) is 15.6 Å². The minimum Gasteiger partial charge on any atom is -0.267 e. The normalized spacial score (nSPS) is 10.9. The van der Waals surface area contributed by atoms with Crippen LogP contribution in [0.25, 0.3) is 0 Å². The number of non-ortho nitro benzene ring substituents is 1. The van der Waals surface area contributed by atoms with Gasteiger partial charge in [-0.25, -0.2) is 5.43 Å². The zero-order valence-corrected chi connectivity index (χ0v) is 15.5. The van der Waals surface area contributed by atoms with Gasteiger partial charge in [0, 0.05) is 23.4 Å². The lowest BCUT2D eigenvalue weighted by Gasteiger charge is -2.06. The Morgan fingerprint density at radius 1 is 1.21 bits per heavy atom. The number of rotatable bonds is 6. The molecule has 1 N–H and O–H groups in total. The molecule has 0 spiro atoms. The molecule has 8 nitrogen and oxygen atoms in total. The Hall–Kier alpha value is -3.81. The molecule has 3 aromatic rings. The molecule has 142 valence electrons. The topological polar surface area (TPSA) is 102 Å². The number of carbonyl (C=O) groups is 1. The van der Waals surface area contributed by atoms with E-state index in [-0.39, 0.29) is 11.6 Å². The number of amides is 1. The Balaban J connectivity index is 1.64. The Morgan fingerprint density at radius 2 is 1.96 bits per heavy atom. The van der Waals surface area contributed by atoms with Crippen LogP contribution in [0.5, 0.6) is 0 Å². The fourth-order valence-corrected chi connectivity index (χ4v) is 2.73. The largest absolute Gasteiger partial charge is 0.271 e. The monoisotopic (exact) mass is 377 g/mol. The summed E-state index contributed by atoms with van der Waals surface area (Å²) in [5.41, 5.74) is 6.56. The summed E-state index contributed by atoms with van der Waals surface area (Å²) in [4.78, 5) is 22.5. The number of nitrogens with one attached hydrogen (secondary N) is 1. The molecule has 0 atom stereocenters. The van der Waals surface area contributed by atoms with E-state index in [1.54, 1.807) is 24.3 Å². The van der Waals surface area contributed by atoms with Crippen molar-refractivity contribution in [3.63, 3.8) is 0 Å². The number of hydrogen-bond donors (Lipinski definition) is 1. The lowest BCUT2D eigenvalue weighted by molar-refractivity contribution is -0.384. The summed E-state index contributed by atoms with van der Waals surface area (Å²) >= 11 is 0. The minimum absolute atomic E-state index is 0.000568. The highest BCUT2D eigenvalue weighted by atomic mass is 16.6. The summed E-state index contributed by atoms with van der Waals surface area (Å²) in [5.74, 6) is -0.339. The molecule has 0 saturated carbocycles. The van der Waals surface area contributed by atoms with Crippen molar-refractivity contribution in [3.05, 3.63) is 92.8 Å². The second-order valence-electron chi connectivity index (χ2n) is 6.33. The molecule has 0 aliphatic carbocycles. The van der Waals surface area contributed by atoms with Crippen LogP contribution in [-0.4, -0.2) is 26.8 Å². The van der Waals surface area contributed by atoms with Crippen molar-refractivity contribution in [2.24, 2.45) is 5.10 Å². The van der Waals surface area contributed by atoms with Crippen molar-refractivity contribution in [2.45, 2.75) is 20.4 Å². The number of hydrazone groups is 1. The van der Waals surface area contributed by atoms with Crippen LogP contribution in [0.2, 0.25) is 0 Å². The number of nitro benzene ring substituents is 1. The number of nitrogens with zero attached hydrogens (tertiary/aromatic N) is 4. The SMILES string of the molecule is Cc1cc(C)n(Cc2cccc(C(=O)N/N=C\c3ccc([N+](=O)[O-])cc3)c2)n1. The molecule has 8 heteroatoms. The maximum Gasteiger partial charge on any atom is 0.271 e. The smallest absolute Gasteiger partial charge is 0.267 e. The van der Waals surface area contributed by atoms with Crippen molar-refractivity contribution in [2.75, 3.05) is 0 Å². The van der Waals surface area contributed by atoms with E-state index < -0.39 is 4.92 Å². The summed E-state index contributed by atoms with van der Waals surface area (Å²) in [6.07, 6.45) is 1.43. The molecule has 0 aliphatic rings. The molecule has 2 aromatic carbocycles. The van der Waals surface area contributed by atoms with E-state index in [0.717, 1.165) is 17.0 Å². The summed E-state index contributed by atoms with van der Waals surface area (Å²) in [5, 5.41) is 19.0. The van der Waals surface area contributed by atoms with Crippen LogP contribution in [0.4, 0.5) is 5.69 Å². The standard InChI is InChI=1S/C20H19N5O3/c1-14-10-15(2)24(23-14)13-17-4-3-5-18(11-17)20(26)22-21-12-16-6-8-19(9-7-16)25(27)28/h3-12H,13H2,1-2H3,(H,22,26)/b21-12-. The van der Waals surface area contributed by atoms with Crippen molar-refractivity contribution in [1.82, 2.24) is 15.2 Å². The predicted molar refractivity (Wildman–Crippen MR) is 105 cm³/mol. The van der Waals surface area contributed by atoms with Gasteiger partial charge >= 0.3 is 0 Å². The van der Waals surface area contributed by atoms with Gasteiger partial charge in [0.05, 0.1) is 23.4 Å². The van der Waals surface area contributed by atoms with Gasteiger partial charge in [-0.2, -0.15) is 10.2 Å². The number of hydrogen-bond acceptors (Lipinski definition) is 5. The van der Waals surface area contributed by atoms with Crippen LogP contribution >= 0.6 is 0 Å².